The summed E-state index contributed by atoms with van der Waals surface area (Å²) in [5.41, 5.74) is 6.34. The van der Waals surface area contributed by atoms with Gasteiger partial charge in [0.15, 0.2) is 0 Å². The van der Waals surface area contributed by atoms with Gasteiger partial charge in [0.25, 0.3) is 0 Å². The van der Waals surface area contributed by atoms with E-state index in [4.69, 9.17) is 0 Å². The summed E-state index contributed by atoms with van der Waals surface area (Å²) >= 11 is 1.67. The van der Waals surface area contributed by atoms with E-state index in [0.717, 1.165) is 33.4 Å². The molecule has 0 unspecified atom stereocenters. The first kappa shape index (κ1) is 49.6. The largest absolute Gasteiger partial charge is 0.342 e. The zero-order chi connectivity index (χ0) is 48.7. The standard InChI is InChI=1S/C31H28N2O2S.C24H26N4O4S2/c34-29-27(21-23-13-5-1-6-14-23)32-30(35)28(33-29)22-36-31(24-15-7-2-8-16-24,25-17-9-3-10-18-25)26-19-11-4-12-20-26;29-21-17(11-15-7-3-1-4-8-15)25-23(31)19(27-21)13-33-34-14-20-24(32)26-18(22(30)28-20)12-16-9-5-2-6-10-16/h1-20,27-28H,21-22H2,(H,32,35)(H,33,34);1-10,17-20H,11-14H2,(H,25,31)(H,26,32)(H,27,29)(H,28,30)/t27-,28+;17-,18-,19+,20+/m11/s1. The Morgan fingerprint density at radius 2 is 0.529 bits per heavy atom. The summed E-state index contributed by atoms with van der Waals surface area (Å²) < 4.78 is -0.546. The van der Waals surface area contributed by atoms with Crippen LogP contribution < -0.4 is 31.9 Å². The van der Waals surface area contributed by atoms with Crippen LogP contribution in [0.25, 0.3) is 0 Å². The average Bonchev–Trinajstić information content (AvgIpc) is 3.39. The first-order valence-electron chi connectivity index (χ1n) is 23.1. The highest BCUT2D eigenvalue weighted by Gasteiger charge is 2.41. The number of nitrogens with one attached hydrogen (secondary N) is 6. The Balaban J connectivity index is 0.000000189. The fourth-order valence-corrected chi connectivity index (χ4v) is 12.5. The molecule has 15 heteroatoms. The Hall–Kier alpha value is -6.81. The maximum Gasteiger partial charge on any atom is 0.244 e. The minimum Gasteiger partial charge on any atom is -0.342 e. The number of rotatable bonds is 17. The van der Waals surface area contributed by atoms with Crippen LogP contribution in [0.4, 0.5) is 0 Å². The van der Waals surface area contributed by atoms with Gasteiger partial charge in [0.05, 0.1) is 4.75 Å². The van der Waals surface area contributed by atoms with Crippen molar-refractivity contribution in [1.82, 2.24) is 31.9 Å². The van der Waals surface area contributed by atoms with Crippen LogP contribution in [0, 0.1) is 0 Å². The Morgan fingerprint density at radius 1 is 0.300 bits per heavy atom. The number of benzene rings is 6. The van der Waals surface area contributed by atoms with Gasteiger partial charge in [-0.05, 0) is 33.4 Å². The monoisotopic (exact) mass is 990 g/mol. The van der Waals surface area contributed by atoms with Crippen LogP contribution in [0.15, 0.2) is 182 Å². The number of carbonyl (C=O) groups is 6. The van der Waals surface area contributed by atoms with E-state index >= 15 is 0 Å². The van der Waals surface area contributed by atoms with Crippen LogP contribution in [0.2, 0.25) is 0 Å². The summed E-state index contributed by atoms with van der Waals surface area (Å²) in [6.07, 6.45) is 1.35. The molecule has 6 amide bonds. The highest BCUT2D eigenvalue weighted by Crippen LogP contribution is 2.48. The van der Waals surface area contributed by atoms with Crippen molar-refractivity contribution < 1.29 is 28.8 Å². The number of hydrogen-bond acceptors (Lipinski definition) is 9. The molecule has 358 valence electrons. The van der Waals surface area contributed by atoms with E-state index < -0.39 is 41.0 Å². The SMILES string of the molecule is O=C1N[C@H](Cc2ccccc2)C(=O)N[C@H]1CSC(c1ccccc1)(c1ccccc1)c1ccccc1.O=C1N[C@H](Cc2ccccc2)C(=O)N[C@H]1CSSC[C@@H]1NC(=O)[C@@H](Cc2ccccc2)NC1=O. The summed E-state index contributed by atoms with van der Waals surface area (Å²) in [7, 11) is 2.76. The lowest BCUT2D eigenvalue weighted by atomic mass is 9.84. The van der Waals surface area contributed by atoms with Crippen LogP contribution in [-0.4, -0.2) is 89.0 Å². The van der Waals surface area contributed by atoms with Crippen LogP contribution >= 0.6 is 33.3 Å². The molecule has 0 radical (unpaired) electrons. The number of hydrogen-bond donors (Lipinski definition) is 6. The minimum absolute atomic E-state index is 0.145. The lowest BCUT2D eigenvalue weighted by Crippen LogP contribution is -2.63. The van der Waals surface area contributed by atoms with Crippen molar-refractivity contribution >= 4 is 68.8 Å². The van der Waals surface area contributed by atoms with Gasteiger partial charge in [0.2, 0.25) is 35.4 Å². The topological polar surface area (TPSA) is 175 Å². The van der Waals surface area contributed by atoms with Crippen molar-refractivity contribution in [3.63, 3.8) is 0 Å². The molecule has 6 atom stereocenters. The molecule has 70 heavy (non-hydrogen) atoms. The van der Waals surface area contributed by atoms with Gasteiger partial charge in [-0.1, -0.05) is 204 Å². The van der Waals surface area contributed by atoms with E-state index in [9.17, 15) is 28.8 Å². The molecule has 0 saturated carbocycles. The highest BCUT2D eigenvalue weighted by molar-refractivity contribution is 8.76. The molecular formula is C55H54N6O6S3. The number of thioether (sulfide) groups is 1. The van der Waals surface area contributed by atoms with Crippen molar-refractivity contribution in [3.05, 3.63) is 215 Å². The zero-order valence-electron chi connectivity index (χ0n) is 38.2. The fraction of sp³-hybridized carbons (Fsp3) is 0.236. The van der Waals surface area contributed by atoms with E-state index in [1.807, 2.05) is 146 Å². The van der Waals surface area contributed by atoms with Gasteiger partial charge in [-0.2, -0.15) is 0 Å². The molecule has 12 nitrogen and oxygen atoms in total. The molecule has 0 aliphatic carbocycles. The molecule has 6 N–H and O–H groups in total. The van der Waals surface area contributed by atoms with Crippen molar-refractivity contribution in [2.75, 3.05) is 17.3 Å². The molecule has 0 spiro atoms. The number of amides is 6. The van der Waals surface area contributed by atoms with Gasteiger partial charge in [0.1, 0.15) is 36.3 Å². The fourth-order valence-electron chi connectivity index (χ4n) is 8.57. The maximum atomic E-state index is 13.1. The third-order valence-corrected chi connectivity index (χ3v) is 16.3. The predicted octanol–water partition coefficient (Wildman–Crippen LogP) is 5.76. The van der Waals surface area contributed by atoms with Crippen molar-refractivity contribution in [2.24, 2.45) is 0 Å². The smallest absolute Gasteiger partial charge is 0.244 e. The molecule has 6 aromatic rings. The van der Waals surface area contributed by atoms with Crippen LogP contribution in [0.1, 0.15) is 33.4 Å². The van der Waals surface area contributed by atoms with Gasteiger partial charge < -0.3 is 31.9 Å². The van der Waals surface area contributed by atoms with Gasteiger partial charge in [-0.15, -0.1) is 11.8 Å². The molecule has 6 aromatic carbocycles. The Labute approximate surface area is 420 Å². The first-order chi connectivity index (χ1) is 34.2. The summed E-state index contributed by atoms with van der Waals surface area (Å²) in [5.74, 6) is -0.000754. The van der Waals surface area contributed by atoms with Crippen molar-refractivity contribution in [2.45, 2.75) is 60.3 Å². The Kier molecular flexibility index (Phi) is 17.1. The Morgan fingerprint density at radius 3 is 0.814 bits per heavy atom. The normalized spacial score (nSPS) is 21.1. The molecule has 0 aromatic heterocycles. The lowest BCUT2D eigenvalue weighted by molar-refractivity contribution is -0.136. The molecule has 3 fully saturated rings. The molecule has 0 bridgehead atoms. The van der Waals surface area contributed by atoms with E-state index in [1.54, 1.807) is 11.8 Å². The van der Waals surface area contributed by atoms with Gasteiger partial charge in [-0.25, -0.2) is 0 Å². The van der Waals surface area contributed by atoms with E-state index in [-0.39, 0.29) is 35.4 Å². The van der Waals surface area contributed by atoms with E-state index in [1.165, 1.54) is 21.6 Å². The third kappa shape index (κ3) is 12.7. The molecular weight excluding hydrogens is 937 g/mol. The van der Waals surface area contributed by atoms with Gasteiger partial charge >= 0.3 is 0 Å². The highest BCUT2D eigenvalue weighted by atomic mass is 33.1. The molecule has 3 heterocycles. The van der Waals surface area contributed by atoms with Crippen LogP contribution in [-0.2, 0) is 52.8 Å². The Bertz CT molecular complexity index is 2530. The second-order valence-electron chi connectivity index (χ2n) is 17.1. The first-order valence-corrected chi connectivity index (χ1v) is 26.6. The second-order valence-corrected chi connectivity index (χ2v) is 20.9. The van der Waals surface area contributed by atoms with Gasteiger partial charge in [-0.3, -0.25) is 28.8 Å². The molecule has 9 rings (SSSR count). The lowest BCUT2D eigenvalue weighted by Gasteiger charge is -2.37. The minimum atomic E-state index is -0.637. The van der Waals surface area contributed by atoms with Gasteiger partial charge in [0, 0.05) is 36.5 Å². The van der Waals surface area contributed by atoms with Crippen LogP contribution in [0.3, 0.4) is 0 Å². The third-order valence-electron chi connectivity index (χ3n) is 12.2. The van der Waals surface area contributed by atoms with Crippen LogP contribution in [0.5, 0.6) is 0 Å². The van der Waals surface area contributed by atoms with E-state index in [2.05, 4.69) is 68.3 Å². The van der Waals surface area contributed by atoms with Crippen molar-refractivity contribution in [1.29, 1.82) is 0 Å². The summed E-state index contributed by atoms with van der Waals surface area (Å²) in [6.45, 7) is 0. The summed E-state index contributed by atoms with van der Waals surface area (Å²) in [6, 6.07) is 56.2. The number of piperazine rings is 3. The molecule has 3 saturated heterocycles. The second kappa shape index (κ2) is 24.2. The maximum absolute atomic E-state index is 13.1. The van der Waals surface area contributed by atoms with Crippen molar-refractivity contribution in [3.8, 4) is 0 Å². The molecule has 3 aliphatic heterocycles. The summed E-state index contributed by atoms with van der Waals surface area (Å²) in [4.78, 5) is 75.8. The average molecular weight is 991 g/mol. The number of carbonyl (C=O) groups excluding carboxylic acids is 6. The predicted molar refractivity (Wildman–Crippen MR) is 279 cm³/mol. The zero-order valence-corrected chi connectivity index (χ0v) is 40.7. The van der Waals surface area contributed by atoms with E-state index in [0.29, 0.717) is 36.5 Å². The summed E-state index contributed by atoms with van der Waals surface area (Å²) in [5, 5.41) is 17.1. The molecule has 3 aliphatic rings. The quantitative estimate of drug-likeness (QED) is 0.0378.